The first-order valence-electron chi connectivity index (χ1n) is 6.39. The molecule has 0 aromatic carbocycles. The molecule has 1 aliphatic rings. The SMILES string of the molecule is CCC1(c2nc(-c3ncc[nH]3)no2)CCNCC1. The Bertz CT molecular complexity index is 498. The van der Waals surface area contributed by atoms with Gasteiger partial charge in [0.05, 0.1) is 5.41 Å². The molecule has 1 saturated heterocycles. The smallest absolute Gasteiger partial charge is 0.238 e. The van der Waals surface area contributed by atoms with Crippen molar-refractivity contribution in [1.82, 2.24) is 25.4 Å². The summed E-state index contributed by atoms with van der Waals surface area (Å²) in [6, 6.07) is 0. The lowest BCUT2D eigenvalue weighted by Crippen LogP contribution is -2.39. The van der Waals surface area contributed by atoms with Crippen LogP contribution < -0.4 is 5.32 Å². The Morgan fingerprint density at radius 2 is 2.22 bits per heavy atom. The average Bonchev–Trinajstić information content (AvgIpc) is 3.10. The van der Waals surface area contributed by atoms with Crippen LogP contribution in [-0.4, -0.2) is 33.2 Å². The zero-order chi connectivity index (χ0) is 12.4. The minimum absolute atomic E-state index is 0.0308. The van der Waals surface area contributed by atoms with E-state index in [-0.39, 0.29) is 5.41 Å². The van der Waals surface area contributed by atoms with Gasteiger partial charge in [-0.15, -0.1) is 0 Å². The van der Waals surface area contributed by atoms with E-state index in [0.29, 0.717) is 11.6 Å². The third-order valence-electron chi connectivity index (χ3n) is 3.83. The minimum Gasteiger partial charge on any atom is -0.342 e. The highest BCUT2D eigenvalue weighted by Gasteiger charge is 2.37. The quantitative estimate of drug-likeness (QED) is 0.859. The van der Waals surface area contributed by atoms with Crippen LogP contribution in [0, 0.1) is 0 Å². The molecule has 0 aliphatic carbocycles. The highest BCUT2D eigenvalue weighted by atomic mass is 16.5. The van der Waals surface area contributed by atoms with Crippen molar-refractivity contribution in [2.45, 2.75) is 31.6 Å². The molecule has 0 spiro atoms. The van der Waals surface area contributed by atoms with Gasteiger partial charge in [0.25, 0.3) is 0 Å². The summed E-state index contributed by atoms with van der Waals surface area (Å²) in [5, 5.41) is 7.40. The Hall–Kier alpha value is -1.69. The van der Waals surface area contributed by atoms with Gasteiger partial charge in [0, 0.05) is 12.4 Å². The summed E-state index contributed by atoms with van der Waals surface area (Å²) in [7, 11) is 0. The van der Waals surface area contributed by atoms with E-state index in [1.54, 1.807) is 12.4 Å². The Kier molecular flexibility index (Phi) is 2.87. The fraction of sp³-hybridized carbons (Fsp3) is 0.583. The molecule has 96 valence electrons. The molecule has 0 amide bonds. The number of nitrogens with one attached hydrogen (secondary N) is 2. The molecular weight excluding hydrogens is 230 g/mol. The zero-order valence-electron chi connectivity index (χ0n) is 10.4. The molecule has 6 heteroatoms. The second-order valence-corrected chi connectivity index (χ2v) is 4.74. The fourth-order valence-electron chi connectivity index (χ4n) is 2.55. The molecule has 0 bridgehead atoms. The van der Waals surface area contributed by atoms with Gasteiger partial charge in [0.15, 0.2) is 5.82 Å². The van der Waals surface area contributed by atoms with Crippen molar-refractivity contribution in [2.24, 2.45) is 0 Å². The summed E-state index contributed by atoms with van der Waals surface area (Å²) in [6.07, 6.45) is 6.55. The molecule has 1 aliphatic heterocycles. The lowest BCUT2D eigenvalue weighted by Gasteiger charge is -2.33. The van der Waals surface area contributed by atoms with E-state index in [1.807, 2.05) is 0 Å². The van der Waals surface area contributed by atoms with Crippen LogP contribution in [0.5, 0.6) is 0 Å². The van der Waals surface area contributed by atoms with Crippen molar-refractivity contribution in [3.05, 3.63) is 18.3 Å². The van der Waals surface area contributed by atoms with Crippen molar-refractivity contribution < 1.29 is 4.52 Å². The molecule has 3 rings (SSSR count). The van der Waals surface area contributed by atoms with E-state index < -0.39 is 0 Å². The van der Waals surface area contributed by atoms with Gasteiger partial charge in [0.1, 0.15) is 0 Å². The summed E-state index contributed by atoms with van der Waals surface area (Å²) < 4.78 is 5.47. The predicted molar refractivity (Wildman–Crippen MR) is 66.0 cm³/mol. The highest BCUT2D eigenvalue weighted by molar-refractivity contribution is 5.41. The standard InChI is InChI=1S/C12H17N5O/c1-2-12(3-5-13-6-4-12)11-16-10(17-18-11)9-14-7-8-15-9/h7-8,13H,2-6H2,1H3,(H,14,15). The summed E-state index contributed by atoms with van der Waals surface area (Å²) in [4.78, 5) is 11.7. The van der Waals surface area contributed by atoms with Crippen LogP contribution in [0.25, 0.3) is 11.6 Å². The summed E-state index contributed by atoms with van der Waals surface area (Å²) in [6.45, 7) is 4.20. The van der Waals surface area contributed by atoms with Gasteiger partial charge < -0.3 is 14.8 Å². The van der Waals surface area contributed by atoms with Gasteiger partial charge in [-0.2, -0.15) is 4.98 Å². The number of nitrogens with zero attached hydrogens (tertiary/aromatic N) is 3. The number of H-pyrrole nitrogens is 1. The molecule has 0 saturated carbocycles. The summed E-state index contributed by atoms with van der Waals surface area (Å²) >= 11 is 0. The van der Waals surface area contributed by atoms with Crippen molar-refractivity contribution in [3.8, 4) is 11.6 Å². The molecule has 2 N–H and O–H groups in total. The van der Waals surface area contributed by atoms with E-state index in [2.05, 4.69) is 32.3 Å². The lowest BCUT2D eigenvalue weighted by molar-refractivity contribution is 0.216. The highest BCUT2D eigenvalue weighted by Crippen LogP contribution is 2.36. The molecule has 0 unspecified atom stereocenters. The normalized spacial score (nSPS) is 18.9. The molecule has 2 aromatic rings. The van der Waals surface area contributed by atoms with E-state index >= 15 is 0 Å². The van der Waals surface area contributed by atoms with Gasteiger partial charge in [-0.3, -0.25) is 0 Å². The van der Waals surface area contributed by atoms with Crippen LogP contribution in [0.3, 0.4) is 0 Å². The lowest BCUT2D eigenvalue weighted by atomic mass is 9.76. The fourth-order valence-corrected chi connectivity index (χ4v) is 2.55. The Morgan fingerprint density at radius 1 is 1.39 bits per heavy atom. The molecular formula is C12H17N5O. The first-order valence-corrected chi connectivity index (χ1v) is 6.39. The number of aromatic amines is 1. The topological polar surface area (TPSA) is 79.6 Å². The molecule has 3 heterocycles. The van der Waals surface area contributed by atoms with Crippen LogP contribution in [0.2, 0.25) is 0 Å². The maximum Gasteiger partial charge on any atom is 0.238 e. The Morgan fingerprint density at radius 3 is 2.89 bits per heavy atom. The van der Waals surface area contributed by atoms with Gasteiger partial charge >= 0.3 is 0 Å². The summed E-state index contributed by atoms with van der Waals surface area (Å²) in [5.41, 5.74) is 0.0308. The van der Waals surface area contributed by atoms with E-state index in [9.17, 15) is 0 Å². The van der Waals surface area contributed by atoms with Gasteiger partial charge in [0.2, 0.25) is 11.7 Å². The Labute approximate surface area is 105 Å². The molecule has 18 heavy (non-hydrogen) atoms. The van der Waals surface area contributed by atoms with E-state index in [1.165, 1.54) is 0 Å². The molecule has 1 fully saturated rings. The number of rotatable bonds is 3. The molecule has 6 nitrogen and oxygen atoms in total. The number of hydrogen-bond donors (Lipinski definition) is 2. The van der Waals surface area contributed by atoms with Crippen molar-refractivity contribution >= 4 is 0 Å². The third kappa shape index (κ3) is 1.82. The third-order valence-corrected chi connectivity index (χ3v) is 3.83. The van der Waals surface area contributed by atoms with E-state index in [4.69, 9.17) is 4.52 Å². The number of piperidine rings is 1. The monoisotopic (exact) mass is 247 g/mol. The summed E-state index contributed by atoms with van der Waals surface area (Å²) in [5.74, 6) is 1.95. The van der Waals surface area contributed by atoms with Crippen molar-refractivity contribution in [2.75, 3.05) is 13.1 Å². The van der Waals surface area contributed by atoms with Crippen LogP contribution in [-0.2, 0) is 5.41 Å². The van der Waals surface area contributed by atoms with E-state index in [0.717, 1.165) is 38.2 Å². The number of hydrogen-bond acceptors (Lipinski definition) is 5. The largest absolute Gasteiger partial charge is 0.342 e. The first kappa shape index (κ1) is 11.4. The van der Waals surface area contributed by atoms with Crippen molar-refractivity contribution in [1.29, 1.82) is 0 Å². The molecule has 0 atom stereocenters. The number of imidazole rings is 1. The second-order valence-electron chi connectivity index (χ2n) is 4.74. The van der Waals surface area contributed by atoms with Crippen LogP contribution >= 0.6 is 0 Å². The Balaban J connectivity index is 1.92. The second kappa shape index (κ2) is 4.53. The molecule has 2 aromatic heterocycles. The minimum atomic E-state index is 0.0308. The van der Waals surface area contributed by atoms with Gasteiger partial charge in [-0.25, -0.2) is 4.98 Å². The predicted octanol–water partition coefficient (Wildman–Crippen LogP) is 1.49. The van der Waals surface area contributed by atoms with Crippen LogP contribution in [0.15, 0.2) is 16.9 Å². The number of aromatic nitrogens is 4. The van der Waals surface area contributed by atoms with Crippen molar-refractivity contribution in [3.63, 3.8) is 0 Å². The average molecular weight is 247 g/mol. The maximum atomic E-state index is 5.47. The first-order chi connectivity index (χ1) is 8.84. The van der Waals surface area contributed by atoms with Gasteiger partial charge in [-0.1, -0.05) is 12.1 Å². The van der Waals surface area contributed by atoms with Gasteiger partial charge in [-0.05, 0) is 32.4 Å². The molecule has 0 radical (unpaired) electrons. The maximum absolute atomic E-state index is 5.47. The van der Waals surface area contributed by atoms with Crippen LogP contribution in [0.4, 0.5) is 0 Å². The van der Waals surface area contributed by atoms with Crippen LogP contribution in [0.1, 0.15) is 32.1 Å². The zero-order valence-corrected chi connectivity index (χ0v) is 10.4.